The molecule has 4 rings (SSSR count). The van der Waals surface area contributed by atoms with Crippen molar-refractivity contribution in [3.63, 3.8) is 0 Å². The van der Waals surface area contributed by atoms with E-state index < -0.39 is 0 Å². The van der Waals surface area contributed by atoms with Gasteiger partial charge in [-0.1, -0.05) is 52.3 Å². The number of halogens is 1. The first-order valence-electron chi connectivity index (χ1n) is 8.80. The zero-order valence-electron chi connectivity index (χ0n) is 14.7. The number of rotatable bonds is 6. The topological polar surface area (TPSA) is 35.1 Å². The Labute approximate surface area is 170 Å². The molecule has 0 aliphatic carbocycles. The van der Waals surface area contributed by atoms with Crippen molar-refractivity contribution in [2.45, 2.75) is 19.5 Å². The molecular weight excluding hydrogens is 420 g/mol. The summed E-state index contributed by atoms with van der Waals surface area (Å²) in [6, 6.07) is 18.5. The largest absolute Gasteiger partial charge is 0.337 e. The Balaban J connectivity index is 1.71. The molecule has 0 bridgehead atoms. The summed E-state index contributed by atoms with van der Waals surface area (Å²) in [6.07, 6.45) is 6.69. The van der Waals surface area contributed by atoms with E-state index in [0.29, 0.717) is 0 Å². The maximum Gasteiger partial charge on any atom is 0.190 e. The molecule has 136 valence electrons. The van der Waals surface area contributed by atoms with Crippen LogP contribution in [0, 0.1) is 0 Å². The number of aromatic nitrogens is 3. The number of benzene rings is 2. The first-order valence-corrected chi connectivity index (χ1v) is 10.5. The Hall–Kier alpha value is -2.44. The van der Waals surface area contributed by atoms with Gasteiger partial charge in [-0.05, 0) is 24.6 Å². The van der Waals surface area contributed by atoms with E-state index in [2.05, 4.69) is 53.6 Å². The Morgan fingerprint density at radius 2 is 1.81 bits per heavy atom. The highest BCUT2D eigenvalue weighted by Gasteiger charge is 2.11. The van der Waals surface area contributed by atoms with Crippen LogP contribution in [0.2, 0.25) is 0 Å². The van der Waals surface area contributed by atoms with Crippen molar-refractivity contribution in [2.24, 2.45) is 4.99 Å². The van der Waals surface area contributed by atoms with E-state index in [1.807, 2.05) is 55.1 Å². The van der Waals surface area contributed by atoms with Crippen LogP contribution in [0.1, 0.15) is 6.42 Å². The SMILES string of the molecule is Brc1ccccc1-c1csc(=Nc2ccccc2)n1CCCn1ccnc1. The minimum absolute atomic E-state index is 0.893. The van der Waals surface area contributed by atoms with Gasteiger partial charge in [0.1, 0.15) is 0 Å². The van der Waals surface area contributed by atoms with Crippen LogP contribution in [0.15, 0.2) is 88.2 Å². The number of hydrogen-bond donors (Lipinski definition) is 0. The molecule has 0 saturated carbocycles. The molecule has 4 aromatic rings. The Bertz CT molecular complexity index is 1070. The lowest BCUT2D eigenvalue weighted by Crippen LogP contribution is -2.17. The molecule has 0 amide bonds. The fourth-order valence-corrected chi connectivity index (χ4v) is 4.40. The molecular formula is C21H19BrN4S. The average molecular weight is 439 g/mol. The van der Waals surface area contributed by atoms with Crippen molar-refractivity contribution in [3.05, 3.63) is 88.0 Å². The van der Waals surface area contributed by atoms with Gasteiger partial charge >= 0.3 is 0 Å². The van der Waals surface area contributed by atoms with Crippen LogP contribution in [0.5, 0.6) is 0 Å². The Kier molecular flexibility index (Phi) is 5.65. The molecule has 0 unspecified atom stereocenters. The molecule has 2 aromatic carbocycles. The standard InChI is InChI=1S/C21H19BrN4S/c22-19-10-5-4-9-18(19)20-15-27-21(24-17-7-2-1-3-8-17)26(20)13-6-12-25-14-11-23-16-25/h1-5,7-11,14-16H,6,12-13H2. The third kappa shape index (κ3) is 4.28. The summed E-state index contributed by atoms with van der Waals surface area (Å²) in [6.45, 7) is 1.83. The molecule has 0 fully saturated rings. The second-order valence-corrected chi connectivity index (χ2v) is 7.83. The molecule has 2 heterocycles. The predicted octanol–water partition coefficient (Wildman–Crippen LogP) is 5.50. The lowest BCUT2D eigenvalue weighted by Gasteiger charge is -2.11. The lowest BCUT2D eigenvalue weighted by atomic mass is 10.2. The lowest BCUT2D eigenvalue weighted by molar-refractivity contribution is 0.559. The van der Waals surface area contributed by atoms with Gasteiger partial charge in [0.15, 0.2) is 4.80 Å². The molecule has 0 radical (unpaired) electrons. The number of thiazole rings is 1. The molecule has 0 N–H and O–H groups in total. The summed E-state index contributed by atoms with van der Waals surface area (Å²) in [5.74, 6) is 0. The molecule has 0 aliphatic heterocycles. The summed E-state index contributed by atoms with van der Waals surface area (Å²) in [5, 5.41) is 2.19. The molecule has 6 heteroatoms. The number of nitrogens with zero attached hydrogens (tertiary/aromatic N) is 4. The van der Waals surface area contributed by atoms with Crippen LogP contribution in [-0.4, -0.2) is 14.1 Å². The number of para-hydroxylation sites is 1. The van der Waals surface area contributed by atoms with E-state index >= 15 is 0 Å². The van der Waals surface area contributed by atoms with Crippen molar-refractivity contribution in [2.75, 3.05) is 0 Å². The maximum absolute atomic E-state index is 4.88. The zero-order chi connectivity index (χ0) is 18.5. The molecule has 0 atom stereocenters. The summed E-state index contributed by atoms with van der Waals surface area (Å²) < 4.78 is 5.52. The van der Waals surface area contributed by atoms with Crippen molar-refractivity contribution in [1.82, 2.24) is 14.1 Å². The number of hydrogen-bond acceptors (Lipinski definition) is 3. The van der Waals surface area contributed by atoms with E-state index in [1.165, 1.54) is 11.3 Å². The molecule has 2 aromatic heterocycles. The molecule has 0 spiro atoms. The van der Waals surface area contributed by atoms with Crippen LogP contribution in [-0.2, 0) is 13.1 Å². The van der Waals surface area contributed by atoms with Gasteiger partial charge < -0.3 is 9.13 Å². The highest BCUT2D eigenvalue weighted by Crippen LogP contribution is 2.28. The first-order chi connectivity index (χ1) is 13.3. The van der Waals surface area contributed by atoms with Crippen molar-refractivity contribution < 1.29 is 0 Å². The minimum Gasteiger partial charge on any atom is -0.337 e. The van der Waals surface area contributed by atoms with Crippen LogP contribution < -0.4 is 4.80 Å². The second kappa shape index (κ2) is 8.50. The third-order valence-electron chi connectivity index (χ3n) is 4.29. The van der Waals surface area contributed by atoms with E-state index in [-0.39, 0.29) is 0 Å². The van der Waals surface area contributed by atoms with Crippen molar-refractivity contribution in [3.8, 4) is 11.3 Å². The average Bonchev–Trinajstić information content (AvgIpc) is 3.34. The molecule has 0 aliphatic rings. The van der Waals surface area contributed by atoms with E-state index in [1.54, 1.807) is 11.3 Å². The van der Waals surface area contributed by atoms with Gasteiger partial charge in [0.05, 0.1) is 17.7 Å². The van der Waals surface area contributed by atoms with Gasteiger partial charge in [0, 0.05) is 40.9 Å². The number of aryl methyl sites for hydroxylation is 1. The predicted molar refractivity (Wildman–Crippen MR) is 114 cm³/mol. The van der Waals surface area contributed by atoms with E-state index in [4.69, 9.17) is 4.99 Å². The summed E-state index contributed by atoms with van der Waals surface area (Å²) >= 11 is 5.37. The highest BCUT2D eigenvalue weighted by atomic mass is 79.9. The monoisotopic (exact) mass is 438 g/mol. The fourth-order valence-electron chi connectivity index (χ4n) is 2.96. The van der Waals surface area contributed by atoms with Gasteiger partial charge in [-0.2, -0.15) is 0 Å². The molecule has 4 nitrogen and oxygen atoms in total. The van der Waals surface area contributed by atoms with Gasteiger partial charge in [-0.25, -0.2) is 9.98 Å². The Morgan fingerprint density at radius 1 is 1.00 bits per heavy atom. The van der Waals surface area contributed by atoms with Crippen LogP contribution in [0.3, 0.4) is 0 Å². The third-order valence-corrected chi connectivity index (χ3v) is 5.84. The van der Waals surface area contributed by atoms with Gasteiger partial charge in [0.25, 0.3) is 0 Å². The van der Waals surface area contributed by atoms with E-state index in [9.17, 15) is 0 Å². The van der Waals surface area contributed by atoms with Gasteiger partial charge in [-0.15, -0.1) is 11.3 Å². The first kappa shape index (κ1) is 17.9. The zero-order valence-corrected chi connectivity index (χ0v) is 17.1. The van der Waals surface area contributed by atoms with Crippen molar-refractivity contribution in [1.29, 1.82) is 0 Å². The molecule has 0 saturated heterocycles. The quantitative estimate of drug-likeness (QED) is 0.391. The van der Waals surface area contributed by atoms with Gasteiger partial charge in [0.2, 0.25) is 0 Å². The summed E-state index contributed by atoms with van der Waals surface area (Å²) in [4.78, 5) is 10.0. The second-order valence-electron chi connectivity index (χ2n) is 6.14. The number of imidazole rings is 1. The smallest absolute Gasteiger partial charge is 0.190 e. The summed E-state index contributed by atoms with van der Waals surface area (Å²) in [7, 11) is 0. The molecule has 27 heavy (non-hydrogen) atoms. The van der Waals surface area contributed by atoms with Crippen LogP contribution in [0.25, 0.3) is 11.3 Å². The van der Waals surface area contributed by atoms with Gasteiger partial charge in [-0.3, -0.25) is 0 Å². The minimum atomic E-state index is 0.893. The van der Waals surface area contributed by atoms with E-state index in [0.717, 1.165) is 34.5 Å². The highest BCUT2D eigenvalue weighted by molar-refractivity contribution is 9.10. The maximum atomic E-state index is 4.88. The normalized spacial score (nSPS) is 11.8. The van der Waals surface area contributed by atoms with Crippen molar-refractivity contribution >= 4 is 33.0 Å². The summed E-state index contributed by atoms with van der Waals surface area (Å²) in [5.41, 5.74) is 3.35. The van der Waals surface area contributed by atoms with Crippen LogP contribution in [0.4, 0.5) is 5.69 Å². The fraction of sp³-hybridized carbons (Fsp3) is 0.143. The van der Waals surface area contributed by atoms with Crippen LogP contribution >= 0.6 is 27.3 Å². The Morgan fingerprint density at radius 3 is 2.59 bits per heavy atom.